The molecule has 1 fully saturated rings. The molecule has 2 heterocycles. The molecule has 0 aliphatic carbocycles. The average molecular weight is 438 g/mol. The number of esters is 1. The molecular weight excluding hydrogens is 414 g/mol. The molecule has 27 heavy (non-hydrogen) atoms. The van der Waals surface area contributed by atoms with Gasteiger partial charge < -0.3 is 19.8 Å². The van der Waals surface area contributed by atoms with Gasteiger partial charge in [-0.1, -0.05) is 15.9 Å². The molecule has 0 unspecified atom stereocenters. The predicted molar refractivity (Wildman–Crippen MR) is 107 cm³/mol. The third kappa shape index (κ3) is 4.17. The topological polar surface area (TPSA) is 83.7 Å². The Morgan fingerprint density at radius 1 is 1.33 bits per heavy atom. The van der Waals surface area contributed by atoms with Crippen molar-refractivity contribution in [2.45, 2.75) is 39.0 Å². The number of aromatic nitrogens is 1. The molecule has 1 saturated heterocycles. The number of methoxy groups -OCH3 is 1. The number of anilines is 1. The minimum Gasteiger partial charge on any atom is -0.464 e. The summed E-state index contributed by atoms with van der Waals surface area (Å²) in [6.45, 7) is 7.23. The molecule has 3 atom stereocenters. The summed E-state index contributed by atoms with van der Waals surface area (Å²) < 4.78 is 11.5. The highest BCUT2D eigenvalue weighted by molar-refractivity contribution is 9.10. The van der Waals surface area contributed by atoms with Gasteiger partial charge in [0, 0.05) is 28.5 Å². The van der Waals surface area contributed by atoms with Crippen molar-refractivity contribution >= 4 is 44.4 Å². The van der Waals surface area contributed by atoms with Crippen LogP contribution in [0.15, 0.2) is 22.7 Å². The predicted octanol–water partition coefficient (Wildman–Crippen LogP) is 3.15. The number of H-pyrrole nitrogens is 1. The number of morpholine rings is 1. The molecule has 1 amide bonds. The summed E-state index contributed by atoms with van der Waals surface area (Å²) in [4.78, 5) is 30.3. The maximum Gasteiger partial charge on any atom is 0.356 e. The molecule has 8 heteroatoms. The number of ether oxygens (including phenoxy) is 2. The van der Waals surface area contributed by atoms with Crippen LogP contribution in [-0.2, 0) is 14.3 Å². The number of rotatable bonds is 4. The molecule has 1 aromatic carbocycles. The molecule has 1 aliphatic rings. The second-order valence-electron chi connectivity index (χ2n) is 6.93. The van der Waals surface area contributed by atoms with Crippen LogP contribution in [0, 0.1) is 0 Å². The van der Waals surface area contributed by atoms with Gasteiger partial charge in [-0.3, -0.25) is 9.69 Å². The Hall–Kier alpha value is -1.90. The van der Waals surface area contributed by atoms with Gasteiger partial charge in [0.25, 0.3) is 0 Å². The molecule has 0 radical (unpaired) electrons. The zero-order chi connectivity index (χ0) is 19.7. The normalized spacial score (nSPS) is 21.8. The highest BCUT2D eigenvalue weighted by Gasteiger charge is 2.30. The minimum atomic E-state index is -0.529. The van der Waals surface area contributed by atoms with Crippen molar-refractivity contribution in [3.05, 3.63) is 28.4 Å². The van der Waals surface area contributed by atoms with Gasteiger partial charge in [0.1, 0.15) is 5.69 Å². The number of aromatic amines is 1. The SMILES string of the molecule is COC(=O)c1[nH]c2ccc(Br)cc2c1NC(=O)[C@H](C)N1C[C@H](C)O[C@@H](C)C1. The van der Waals surface area contributed by atoms with Gasteiger partial charge in [0.05, 0.1) is 31.0 Å². The van der Waals surface area contributed by atoms with Gasteiger partial charge in [-0.05, 0) is 39.0 Å². The lowest BCUT2D eigenvalue weighted by Crippen LogP contribution is -2.52. The zero-order valence-electron chi connectivity index (χ0n) is 15.8. The van der Waals surface area contributed by atoms with E-state index in [4.69, 9.17) is 9.47 Å². The quantitative estimate of drug-likeness (QED) is 0.717. The number of hydrogen-bond acceptors (Lipinski definition) is 5. The van der Waals surface area contributed by atoms with Crippen LogP contribution in [0.5, 0.6) is 0 Å². The van der Waals surface area contributed by atoms with Crippen molar-refractivity contribution in [1.82, 2.24) is 9.88 Å². The fourth-order valence-electron chi connectivity index (χ4n) is 3.48. The van der Waals surface area contributed by atoms with E-state index in [0.717, 1.165) is 15.4 Å². The van der Waals surface area contributed by atoms with E-state index >= 15 is 0 Å². The number of halogens is 1. The second-order valence-corrected chi connectivity index (χ2v) is 7.85. The summed E-state index contributed by atoms with van der Waals surface area (Å²) in [5.41, 5.74) is 1.41. The Labute approximate surface area is 166 Å². The summed E-state index contributed by atoms with van der Waals surface area (Å²) >= 11 is 3.44. The molecule has 7 nitrogen and oxygen atoms in total. The van der Waals surface area contributed by atoms with Gasteiger partial charge in [-0.15, -0.1) is 0 Å². The second kappa shape index (κ2) is 8.00. The van der Waals surface area contributed by atoms with Crippen molar-refractivity contribution in [3.8, 4) is 0 Å². The van der Waals surface area contributed by atoms with E-state index in [1.807, 2.05) is 39.0 Å². The van der Waals surface area contributed by atoms with Gasteiger partial charge in [0.15, 0.2) is 0 Å². The molecule has 0 saturated carbocycles. The van der Waals surface area contributed by atoms with E-state index in [1.165, 1.54) is 7.11 Å². The molecule has 146 valence electrons. The first-order valence-electron chi connectivity index (χ1n) is 8.90. The van der Waals surface area contributed by atoms with Gasteiger partial charge in [-0.2, -0.15) is 0 Å². The van der Waals surface area contributed by atoms with Crippen LogP contribution in [0.2, 0.25) is 0 Å². The Bertz CT molecular complexity index is 856. The first kappa shape index (κ1) is 19.9. The van der Waals surface area contributed by atoms with Crippen LogP contribution in [-0.4, -0.2) is 60.2 Å². The van der Waals surface area contributed by atoms with Crippen LogP contribution >= 0.6 is 15.9 Å². The molecule has 1 aliphatic heterocycles. The standard InChI is InChI=1S/C19H24BrN3O4/c1-10-8-23(9-11(2)27-10)12(3)18(24)22-16-14-7-13(20)5-6-15(14)21-17(16)19(25)26-4/h5-7,10-12,21H,8-9H2,1-4H3,(H,22,24)/t10-,11-,12-/m0/s1. The van der Waals surface area contributed by atoms with Crippen LogP contribution in [0.4, 0.5) is 5.69 Å². The monoisotopic (exact) mass is 437 g/mol. The lowest BCUT2D eigenvalue weighted by Gasteiger charge is -2.38. The zero-order valence-corrected chi connectivity index (χ0v) is 17.4. The number of nitrogens with zero attached hydrogens (tertiary/aromatic N) is 1. The average Bonchev–Trinajstić information content (AvgIpc) is 2.97. The maximum atomic E-state index is 12.9. The van der Waals surface area contributed by atoms with Crippen LogP contribution in [0.1, 0.15) is 31.3 Å². The third-order valence-corrected chi connectivity index (χ3v) is 5.27. The van der Waals surface area contributed by atoms with Crippen molar-refractivity contribution in [1.29, 1.82) is 0 Å². The number of benzene rings is 1. The first-order valence-corrected chi connectivity index (χ1v) is 9.69. The largest absolute Gasteiger partial charge is 0.464 e. The van der Waals surface area contributed by atoms with E-state index in [9.17, 15) is 9.59 Å². The number of carbonyl (C=O) groups excluding carboxylic acids is 2. The smallest absolute Gasteiger partial charge is 0.356 e. The van der Waals surface area contributed by atoms with E-state index in [2.05, 4.69) is 31.1 Å². The highest BCUT2D eigenvalue weighted by Crippen LogP contribution is 2.31. The molecule has 2 N–H and O–H groups in total. The Morgan fingerprint density at radius 3 is 2.63 bits per heavy atom. The van der Waals surface area contributed by atoms with Gasteiger partial charge >= 0.3 is 5.97 Å². The van der Waals surface area contributed by atoms with Crippen molar-refractivity contribution in [3.63, 3.8) is 0 Å². The number of amides is 1. The van der Waals surface area contributed by atoms with E-state index in [1.54, 1.807) is 0 Å². The Morgan fingerprint density at radius 2 is 2.00 bits per heavy atom. The van der Waals surface area contributed by atoms with Crippen LogP contribution in [0.25, 0.3) is 10.9 Å². The molecule has 0 spiro atoms. The lowest BCUT2D eigenvalue weighted by atomic mass is 10.1. The summed E-state index contributed by atoms with van der Waals surface area (Å²) in [5, 5.41) is 3.67. The van der Waals surface area contributed by atoms with E-state index in [0.29, 0.717) is 18.8 Å². The van der Waals surface area contributed by atoms with E-state index in [-0.39, 0.29) is 29.9 Å². The van der Waals surface area contributed by atoms with Gasteiger partial charge in [-0.25, -0.2) is 4.79 Å². The Kier molecular flexibility index (Phi) is 5.88. The fraction of sp³-hybridized carbons (Fsp3) is 0.474. The van der Waals surface area contributed by atoms with Crippen molar-refractivity contribution < 1.29 is 19.1 Å². The number of nitrogens with one attached hydrogen (secondary N) is 2. The number of fused-ring (bicyclic) bond motifs is 1. The van der Waals surface area contributed by atoms with Crippen LogP contribution < -0.4 is 5.32 Å². The first-order chi connectivity index (χ1) is 12.8. The number of carbonyl (C=O) groups is 2. The summed E-state index contributed by atoms with van der Waals surface area (Å²) in [7, 11) is 1.31. The molecular formula is C19H24BrN3O4. The molecule has 3 rings (SSSR count). The number of hydrogen-bond donors (Lipinski definition) is 2. The summed E-state index contributed by atoms with van der Waals surface area (Å²) in [6.07, 6.45) is 0.136. The maximum absolute atomic E-state index is 12.9. The third-order valence-electron chi connectivity index (χ3n) is 4.77. The molecule has 2 aromatic rings. The summed E-state index contributed by atoms with van der Waals surface area (Å²) in [5.74, 6) is -0.707. The molecule has 1 aromatic heterocycles. The lowest BCUT2D eigenvalue weighted by molar-refractivity contribution is -0.126. The Balaban J connectivity index is 1.89. The van der Waals surface area contributed by atoms with E-state index < -0.39 is 5.97 Å². The fourth-order valence-corrected chi connectivity index (χ4v) is 3.84. The van der Waals surface area contributed by atoms with Crippen molar-refractivity contribution in [2.24, 2.45) is 0 Å². The summed E-state index contributed by atoms with van der Waals surface area (Å²) in [6, 6.07) is 5.21. The van der Waals surface area contributed by atoms with Crippen molar-refractivity contribution in [2.75, 3.05) is 25.5 Å². The molecule has 0 bridgehead atoms. The minimum absolute atomic E-state index is 0.0682. The highest BCUT2D eigenvalue weighted by atomic mass is 79.9. The van der Waals surface area contributed by atoms with Crippen LogP contribution in [0.3, 0.4) is 0 Å². The van der Waals surface area contributed by atoms with Gasteiger partial charge in [0.2, 0.25) is 5.91 Å².